The number of nitrogens with two attached hydrogens (primary N) is 1. The molecule has 0 saturated heterocycles. The molecule has 1 rings (SSSR count). The minimum Gasteiger partial charge on any atom is -0.384 e. The molecule has 0 spiro atoms. The Morgan fingerprint density at radius 1 is 1.67 bits per heavy atom. The van der Waals surface area contributed by atoms with Gasteiger partial charge in [0.25, 0.3) is 5.91 Å². The Morgan fingerprint density at radius 3 is 2.93 bits per heavy atom. The number of nitrogen functional groups attached to an aromatic ring is 1. The molecule has 1 aromatic rings. The Labute approximate surface area is 93.7 Å². The first kappa shape index (κ1) is 11.8. The second kappa shape index (κ2) is 5.60. The van der Waals surface area contributed by atoms with E-state index in [0.29, 0.717) is 23.2 Å². The molecule has 0 aliphatic heterocycles. The van der Waals surface area contributed by atoms with Gasteiger partial charge in [-0.2, -0.15) is 11.8 Å². The van der Waals surface area contributed by atoms with Gasteiger partial charge in [-0.3, -0.25) is 4.79 Å². The molecule has 15 heavy (non-hydrogen) atoms. The van der Waals surface area contributed by atoms with Crippen LogP contribution < -0.4 is 11.1 Å². The van der Waals surface area contributed by atoms with E-state index in [1.54, 1.807) is 23.9 Å². The number of aromatic nitrogens is 1. The number of nitrogens with zero attached hydrogens (tertiary/aromatic N) is 1. The Morgan fingerprint density at radius 2 is 2.40 bits per heavy atom. The van der Waals surface area contributed by atoms with Crippen LogP contribution in [0.15, 0.2) is 18.3 Å². The molecule has 1 unspecified atom stereocenters. The third kappa shape index (κ3) is 3.79. The third-order valence-corrected chi connectivity index (χ3v) is 2.97. The summed E-state index contributed by atoms with van der Waals surface area (Å²) in [5, 5.41) is 3.24. The van der Waals surface area contributed by atoms with Crippen LogP contribution in [0.2, 0.25) is 0 Å². The summed E-state index contributed by atoms with van der Waals surface area (Å²) in [7, 11) is 0. The SMILES string of the molecule is CSC(C)CNC(=O)c1ccc(N)nc1. The summed E-state index contributed by atoms with van der Waals surface area (Å²) in [4.78, 5) is 15.4. The summed E-state index contributed by atoms with van der Waals surface area (Å²) >= 11 is 1.71. The number of hydrogen-bond acceptors (Lipinski definition) is 4. The van der Waals surface area contributed by atoms with E-state index in [1.165, 1.54) is 6.20 Å². The molecule has 1 heterocycles. The van der Waals surface area contributed by atoms with Gasteiger partial charge in [-0.1, -0.05) is 6.92 Å². The van der Waals surface area contributed by atoms with Gasteiger partial charge in [0.05, 0.1) is 5.56 Å². The standard InChI is InChI=1S/C10H15N3OS/c1-7(15-2)5-13-10(14)8-3-4-9(11)12-6-8/h3-4,6-7H,5H2,1-2H3,(H2,11,12)(H,13,14). The largest absolute Gasteiger partial charge is 0.384 e. The number of carbonyl (C=O) groups is 1. The van der Waals surface area contributed by atoms with Crippen molar-refractivity contribution in [3.8, 4) is 0 Å². The van der Waals surface area contributed by atoms with Crippen molar-refractivity contribution < 1.29 is 4.79 Å². The van der Waals surface area contributed by atoms with Crippen LogP contribution in [0.25, 0.3) is 0 Å². The average Bonchev–Trinajstić information content (AvgIpc) is 2.26. The summed E-state index contributed by atoms with van der Waals surface area (Å²) in [6.45, 7) is 2.72. The molecular formula is C10H15N3OS. The van der Waals surface area contributed by atoms with Crippen LogP contribution in [0, 0.1) is 0 Å². The highest BCUT2D eigenvalue weighted by atomic mass is 32.2. The molecular weight excluding hydrogens is 210 g/mol. The highest BCUT2D eigenvalue weighted by molar-refractivity contribution is 7.99. The molecule has 3 N–H and O–H groups in total. The molecule has 5 heteroatoms. The lowest BCUT2D eigenvalue weighted by Gasteiger charge is -2.09. The van der Waals surface area contributed by atoms with Gasteiger partial charge >= 0.3 is 0 Å². The fraction of sp³-hybridized carbons (Fsp3) is 0.400. The van der Waals surface area contributed by atoms with Crippen molar-refractivity contribution in [2.45, 2.75) is 12.2 Å². The number of hydrogen-bond donors (Lipinski definition) is 2. The minimum atomic E-state index is -0.108. The first-order valence-electron chi connectivity index (χ1n) is 4.66. The summed E-state index contributed by atoms with van der Waals surface area (Å²) in [6, 6.07) is 3.29. The number of nitrogens with one attached hydrogen (secondary N) is 1. The first-order valence-corrected chi connectivity index (χ1v) is 5.94. The summed E-state index contributed by atoms with van der Waals surface area (Å²) in [6.07, 6.45) is 3.50. The van der Waals surface area contributed by atoms with Crippen molar-refractivity contribution in [3.05, 3.63) is 23.9 Å². The van der Waals surface area contributed by atoms with Crippen molar-refractivity contribution in [3.63, 3.8) is 0 Å². The van der Waals surface area contributed by atoms with Gasteiger partial charge in [0.15, 0.2) is 0 Å². The number of anilines is 1. The molecule has 1 amide bonds. The summed E-state index contributed by atoms with van der Waals surface area (Å²) in [5.41, 5.74) is 5.96. The lowest BCUT2D eigenvalue weighted by molar-refractivity contribution is 0.0954. The van der Waals surface area contributed by atoms with Gasteiger partial charge in [0, 0.05) is 18.0 Å². The fourth-order valence-corrected chi connectivity index (χ4v) is 1.21. The number of rotatable bonds is 4. The zero-order valence-corrected chi connectivity index (χ0v) is 9.67. The molecule has 1 aromatic heterocycles. The van der Waals surface area contributed by atoms with Crippen LogP contribution in [0.3, 0.4) is 0 Å². The van der Waals surface area contributed by atoms with Crippen molar-refractivity contribution >= 4 is 23.5 Å². The highest BCUT2D eigenvalue weighted by Crippen LogP contribution is 2.04. The van der Waals surface area contributed by atoms with Gasteiger partial charge in [-0.15, -0.1) is 0 Å². The average molecular weight is 225 g/mol. The maximum Gasteiger partial charge on any atom is 0.252 e. The monoisotopic (exact) mass is 225 g/mol. The van der Waals surface area contributed by atoms with Gasteiger partial charge in [0.2, 0.25) is 0 Å². The van der Waals surface area contributed by atoms with Crippen molar-refractivity contribution in [1.82, 2.24) is 10.3 Å². The van der Waals surface area contributed by atoms with E-state index in [2.05, 4.69) is 17.2 Å². The first-order chi connectivity index (χ1) is 7.13. The predicted molar refractivity (Wildman–Crippen MR) is 64.0 cm³/mol. The molecule has 0 aliphatic rings. The van der Waals surface area contributed by atoms with Gasteiger partial charge in [-0.25, -0.2) is 4.98 Å². The predicted octanol–water partition coefficient (Wildman–Crippen LogP) is 1.15. The molecule has 0 saturated carbocycles. The maximum atomic E-state index is 11.6. The second-order valence-electron chi connectivity index (χ2n) is 3.23. The van der Waals surface area contributed by atoms with Crippen LogP contribution >= 0.6 is 11.8 Å². The Bertz CT molecular complexity index is 326. The van der Waals surface area contributed by atoms with E-state index in [4.69, 9.17) is 5.73 Å². The molecule has 82 valence electrons. The molecule has 0 radical (unpaired) electrons. The lowest BCUT2D eigenvalue weighted by atomic mass is 10.2. The van der Waals surface area contributed by atoms with Gasteiger partial charge in [-0.05, 0) is 18.4 Å². The van der Waals surface area contributed by atoms with Crippen LogP contribution in [0.5, 0.6) is 0 Å². The van der Waals surface area contributed by atoms with Crippen LogP contribution in [-0.2, 0) is 0 Å². The molecule has 0 bridgehead atoms. The zero-order valence-electron chi connectivity index (χ0n) is 8.86. The number of thioether (sulfide) groups is 1. The summed E-state index contributed by atoms with van der Waals surface area (Å²) in [5.74, 6) is 0.312. The fourth-order valence-electron chi connectivity index (χ4n) is 0.961. The highest BCUT2D eigenvalue weighted by Gasteiger charge is 2.06. The van der Waals surface area contributed by atoms with E-state index in [0.717, 1.165) is 0 Å². The topological polar surface area (TPSA) is 68.0 Å². The van der Waals surface area contributed by atoms with Crippen molar-refractivity contribution in [2.24, 2.45) is 0 Å². The minimum absolute atomic E-state index is 0.108. The maximum absolute atomic E-state index is 11.6. The van der Waals surface area contributed by atoms with E-state index in [-0.39, 0.29) is 5.91 Å². The molecule has 0 aromatic carbocycles. The van der Waals surface area contributed by atoms with E-state index in [9.17, 15) is 4.79 Å². The van der Waals surface area contributed by atoms with E-state index >= 15 is 0 Å². The second-order valence-corrected chi connectivity index (χ2v) is 4.50. The summed E-state index contributed by atoms with van der Waals surface area (Å²) < 4.78 is 0. The lowest BCUT2D eigenvalue weighted by Crippen LogP contribution is -2.29. The van der Waals surface area contributed by atoms with Gasteiger partial charge in [0.1, 0.15) is 5.82 Å². The van der Waals surface area contributed by atoms with Crippen LogP contribution in [0.1, 0.15) is 17.3 Å². The zero-order chi connectivity index (χ0) is 11.3. The van der Waals surface area contributed by atoms with Crippen LogP contribution in [0.4, 0.5) is 5.82 Å². The molecule has 0 aliphatic carbocycles. The number of pyridine rings is 1. The Hall–Kier alpha value is -1.23. The number of carbonyl (C=O) groups excluding carboxylic acids is 1. The van der Waals surface area contributed by atoms with E-state index in [1.807, 2.05) is 6.26 Å². The normalized spacial score (nSPS) is 12.1. The van der Waals surface area contributed by atoms with Crippen molar-refractivity contribution in [1.29, 1.82) is 0 Å². The molecule has 1 atom stereocenters. The van der Waals surface area contributed by atoms with Crippen molar-refractivity contribution in [2.75, 3.05) is 18.5 Å². The number of amides is 1. The molecule has 4 nitrogen and oxygen atoms in total. The quantitative estimate of drug-likeness (QED) is 0.806. The third-order valence-electron chi connectivity index (χ3n) is 2.00. The van der Waals surface area contributed by atoms with Gasteiger partial charge < -0.3 is 11.1 Å². The van der Waals surface area contributed by atoms with Crippen LogP contribution in [-0.4, -0.2) is 28.9 Å². The smallest absolute Gasteiger partial charge is 0.252 e. The van der Waals surface area contributed by atoms with E-state index < -0.39 is 0 Å². The Balaban J connectivity index is 2.50. The Kier molecular flexibility index (Phi) is 4.42. The molecule has 0 fully saturated rings.